The fourth-order valence-electron chi connectivity index (χ4n) is 3.70. The Morgan fingerprint density at radius 2 is 2.15 bits per heavy atom. The number of anilines is 1. The van der Waals surface area contributed by atoms with Crippen molar-refractivity contribution in [1.29, 1.82) is 0 Å². The molecule has 0 aliphatic carbocycles. The number of benzene rings is 1. The molecule has 1 atom stereocenters. The van der Waals surface area contributed by atoms with E-state index in [4.69, 9.17) is 5.73 Å². The Labute approximate surface area is 158 Å². The van der Waals surface area contributed by atoms with Crippen LogP contribution in [0.5, 0.6) is 0 Å². The van der Waals surface area contributed by atoms with Gasteiger partial charge in [0.05, 0.1) is 11.3 Å². The van der Waals surface area contributed by atoms with Crippen LogP contribution in [0.2, 0.25) is 0 Å². The molecule has 1 aliphatic heterocycles. The highest BCUT2D eigenvalue weighted by Gasteiger charge is 2.23. The lowest BCUT2D eigenvalue weighted by atomic mass is 9.99. The first-order valence-corrected chi connectivity index (χ1v) is 9.28. The molecule has 7 heteroatoms. The van der Waals surface area contributed by atoms with Crippen LogP contribution in [0.4, 0.5) is 5.82 Å². The zero-order valence-electron chi connectivity index (χ0n) is 15.4. The number of nitrogen functional groups attached to an aromatic ring is 1. The number of aryl methyl sites for hydroxylation is 1. The van der Waals surface area contributed by atoms with Gasteiger partial charge in [0.15, 0.2) is 5.65 Å². The van der Waals surface area contributed by atoms with E-state index in [9.17, 15) is 4.79 Å². The standard InChI is InChI=1S/C20H24N6O/c1-14-11-18-23-12-17(19(21)26(18)24-14)20(27)22-8-10-25-9-7-16(13-25)15-5-3-2-4-6-15/h2-6,11-12,16H,7-10,13,21H2,1H3,(H,22,27)/t16-/m1/s1. The average molecular weight is 364 g/mol. The van der Waals surface area contributed by atoms with E-state index in [2.05, 4.69) is 44.6 Å². The summed E-state index contributed by atoms with van der Waals surface area (Å²) >= 11 is 0. The van der Waals surface area contributed by atoms with Crippen molar-refractivity contribution in [1.82, 2.24) is 24.8 Å². The molecule has 4 rings (SSSR count). The minimum Gasteiger partial charge on any atom is -0.383 e. The molecule has 0 unspecified atom stereocenters. The molecule has 0 saturated carbocycles. The minimum atomic E-state index is -0.214. The van der Waals surface area contributed by atoms with E-state index in [1.165, 1.54) is 16.3 Å². The number of aromatic nitrogens is 3. The monoisotopic (exact) mass is 364 g/mol. The zero-order valence-corrected chi connectivity index (χ0v) is 15.4. The predicted molar refractivity (Wildman–Crippen MR) is 105 cm³/mol. The summed E-state index contributed by atoms with van der Waals surface area (Å²) in [5.74, 6) is 0.678. The second-order valence-electron chi connectivity index (χ2n) is 7.07. The first-order chi connectivity index (χ1) is 13.1. The highest BCUT2D eigenvalue weighted by atomic mass is 16.1. The molecule has 0 radical (unpaired) electrons. The maximum Gasteiger partial charge on any atom is 0.256 e. The van der Waals surface area contributed by atoms with Crippen molar-refractivity contribution in [3.63, 3.8) is 0 Å². The lowest BCUT2D eigenvalue weighted by Crippen LogP contribution is -2.34. The molecule has 1 fully saturated rings. The van der Waals surface area contributed by atoms with Gasteiger partial charge in [-0.25, -0.2) is 4.98 Å². The van der Waals surface area contributed by atoms with Crippen LogP contribution < -0.4 is 11.1 Å². The summed E-state index contributed by atoms with van der Waals surface area (Å²) in [6, 6.07) is 12.4. The number of hydrogen-bond donors (Lipinski definition) is 2. The number of nitrogens with zero attached hydrogens (tertiary/aromatic N) is 4. The van der Waals surface area contributed by atoms with Gasteiger partial charge in [0.2, 0.25) is 0 Å². The summed E-state index contributed by atoms with van der Waals surface area (Å²) in [4.78, 5) is 19.1. The van der Waals surface area contributed by atoms with E-state index >= 15 is 0 Å². The molecule has 27 heavy (non-hydrogen) atoms. The molecule has 3 N–H and O–H groups in total. The van der Waals surface area contributed by atoms with Gasteiger partial charge in [-0.2, -0.15) is 9.61 Å². The summed E-state index contributed by atoms with van der Waals surface area (Å²) in [7, 11) is 0. The van der Waals surface area contributed by atoms with Gasteiger partial charge in [0.1, 0.15) is 5.82 Å². The van der Waals surface area contributed by atoms with E-state index in [1.807, 2.05) is 19.1 Å². The number of carbonyl (C=O) groups is 1. The predicted octanol–water partition coefficient (Wildman–Crippen LogP) is 1.84. The molecule has 1 aliphatic rings. The van der Waals surface area contributed by atoms with Gasteiger partial charge in [-0.05, 0) is 31.4 Å². The van der Waals surface area contributed by atoms with Gasteiger partial charge in [-0.15, -0.1) is 0 Å². The van der Waals surface area contributed by atoms with E-state index < -0.39 is 0 Å². The summed E-state index contributed by atoms with van der Waals surface area (Å²) in [5.41, 5.74) is 9.31. The Bertz CT molecular complexity index is 952. The van der Waals surface area contributed by atoms with Crippen LogP contribution in [-0.2, 0) is 0 Å². The van der Waals surface area contributed by atoms with Crippen molar-refractivity contribution in [2.75, 3.05) is 31.9 Å². The summed E-state index contributed by atoms with van der Waals surface area (Å²) in [6.45, 7) is 5.36. The van der Waals surface area contributed by atoms with Gasteiger partial charge in [0, 0.05) is 31.9 Å². The van der Waals surface area contributed by atoms with E-state index in [1.54, 1.807) is 0 Å². The minimum absolute atomic E-state index is 0.214. The molecule has 2 aromatic heterocycles. The zero-order chi connectivity index (χ0) is 18.8. The first kappa shape index (κ1) is 17.5. The lowest BCUT2D eigenvalue weighted by Gasteiger charge is -2.16. The van der Waals surface area contributed by atoms with Gasteiger partial charge < -0.3 is 16.0 Å². The van der Waals surface area contributed by atoms with Crippen LogP contribution in [0.15, 0.2) is 42.6 Å². The molecule has 1 amide bonds. The highest BCUT2D eigenvalue weighted by Crippen LogP contribution is 2.26. The Balaban J connectivity index is 1.32. The van der Waals surface area contributed by atoms with Crippen LogP contribution in [-0.4, -0.2) is 51.6 Å². The molecule has 1 aromatic carbocycles. The number of fused-ring (bicyclic) bond motifs is 1. The molecule has 1 saturated heterocycles. The molecule has 140 valence electrons. The molecular formula is C20H24N6O. The third-order valence-electron chi connectivity index (χ3n) is 5.14. The smallest absolute Gasteiger partial charge is 0.256 e. The number of nitrogens with two attached hydrogens (primary N) is 1. The molecular weight excluding hydrogens is 340 g/mol. The normalized spacial score (nSPS) is 17.4. The number of hydrogen-bond acceptors (Lipinski definition) is 5. The van der Waals surface area contributed by atoms with Crippen LogP contribution in [0.1, 0.15) is 34.0 Å². The summed E-state index contributed by atoms with van der Waals surface area (Å²) in [5, 5.41) is 7.23. The molecule has 0 bridgehead atoms. The van der Waals surface area contributed by atoms with Gasteiger partial charge in [-0.3, -0.25) is 4.79 Å². The number of likely N-dealkylation sites (tertiary alicyclic amines) is 1. The van der Waals surface area contributed by atoms with Crippen LogP contribution >= 0.6 is 0 Å². The Morgan fingerprint density at radius 1 is 1.33 bits per heavy atom. The average Bonchev–Trinajstić information content (AvgIpc) is 3.29. The maximum atomic E-state index is 12.5. The van der Waals surface area contributed by atoms with Gasteiger partial charge >= 0.3 is 0 Å². The van der Waals surface area contributed by atoms with Crippen molar-refractivity contribution < 1.29 is 4.79 Å². The quantitative estimate of drug-likeness (QED) is 0.721. The maximum absolute atomic E-state index is 12.5. The molecule has 3 aromatic rings. The van der Waals surface area contributed by atoms with Gasteiger partial charge in [0.25, 0.3) is 5.91 Å². The summed E-state index contributed by atoms with van der Waals surface area (Å²) < 4.78 is 1.51. The van der Waals surface area contributed by atoms with E-state index in [0.29, 0.717) is 29.5 Å². The number of rotatable bonds is 5. The number of carbonyl (C=O) groups excluding carboxylic acids is 1. The third-order valence-corrected chi connectivity index (χ3v) is 5.14. The van der Waals surface area contributed by atoms with Crippen LogP contribution in [0, 0.1) is 6.92 Å². The second-order valence-corrected chi connectivity index (χ2v) is 7.07. The fourth-order valence-corrected chi connectivity index (χ4v) is 3.70. The highest BCUT2D eigenvalue weighted by molar-refractivity contribution is 5.98. The van der Waals surface area contributed by atoms with Crippen molar-refractivity contribution in [2.45, 2.75) is 19.3 Å². The van der Waals surface area contributed by atoms with Gasteiger partial charge in [-0.1, -0.05) is 30.3 Å². The number of amides is 1. The van der Waals surface area contributed by atoms with E-state index in [0.717, 1.165) is 31.7 Å². The summed E-state index contributed by atoms with van der Waals surface area (Å²) in [6.07, 6.45) is 2.67. The Kier molecular flexibility index (Phi) is 4.77. The van der Waals surface area contributed by atoms with Crippen LogP contribution in [0.25, 0.3) is 5.65 Å². The fraction of sp³-hybridized carbons (Fsp3) is 0.350. The molecule has 7 nitrogen and oxygen atoms in total. The van der Waals surface area contributed by atoms with Crippen LogP contribution in [0.3, 0.4) is 0 Å². The van der Waals surface area contributed by atoms with Crippen molar-refractivity contribution >= 4 is 17.4 Å². The topological polar surface area (TPSA) is 88.5 Å². The van der Waals surface area contributed by atoms with Crippen molar-refractivity contribution in [2.24, 2.45) is 0 Å². The van der Waals surface area contributed by atoms with E-state index in [-0.39, 0.29) is 5.91 Å². The molecule has 0 spiro atoms. The Hall–Kier alpha value is -2.93. The largest absolute Gasteiger partial charge is 0.383 e. The third kappa shape index (κ3) is 3.64. The SMILES string of the molecule is Cc1cc2ncc(C(=O)NCCN3CC[C@@H](c4ccccc4)C3)c(N)n2n1. The first-order valence-electron chi connectivity index (χ1n) is 9.28. The lowest BCUT2D eigenvalue weighted by molar-refractivity contribution is 0.0950. The number of nitrogens with one attached hydrogen (secondary N) is 1. The molecule has 3 heterocycles. The van der Waals surface area contributed by atoms with Crippen molar-refractivity contribution in [3.8, 4) is 0 Å². The Morgan fingerprint density at radius 3 is 2.96 bits per heavy atom. The second kappa shape index (κ2) is 7.36. The van der Waals surface area contributed by atoms with Crippen molar-refractivity contribution in [3.05, 3.63) is 59.4 Å².